The maximum atomic E-state index is 10.4. The predicted octanol–water partition coefficient (Wildman–Crippen LogP) is 0.819. The highest BCUT2D eigenvalue weighted by atomic mass is 35.5. The van der Waals surface area contributed by atoms with Crippen molar-refractivity contribution in [1.29, 1.82) is 0 Å². The van der Waals surface area contributed by atoms with Gasteiger partial charge in [0.05, 0.1) is 13.0 Å². The van der Waals surface area contributed by atoms with E-state index in [2.05, 4.69) is 4.29 Å². The van der Waals surface area contributed by atoms with Crippen LogP contribution in [0.15, 0.2) is 0 Å². The van der Waals surface area contributed by atoms with Crippen LogP contribution in [-0.4, -0.2) is 23.5 Å². The fourth-order valence-electron chi connectivity index (χ4n) is 0.423. The van der Waals surface area contributed by atoms with Crippen molar-refractivity contribution in [3.05, 3.63) is 0 Å². The van der Waals surface area contributed by atoms with E-state index < -0.39 is 11.8 Å². The number of carbonyl (C=O) groups excluding carboxylic acids is 1. The third kappa shape index (κ3) is 7.58. The van der Waals surface area contributed by atoms with E-state index in [1.54, 1.807) is 0 Å². The zero-order valence-corrected chi connectivity index (χ0v) is 7.22. The number of rotatable bonds is 4. The van der Waals surface area contributed by atoms with Gasteiger partial charge >= 0.3 is 5.97 Å². The largest absolute Gasteiger partial charge is 0.366 e. The summed E-state index contributed by atoms with van der Waals surface area (Å²) in [6.45, 7) is 3.03. The van der Waals surface area contributed by atoms with Gasteiger partial charge in [0.15, 0.2) is 5.79 Å². The second kappa shape index (κ2) is 4.54. The summed E-state index contributed by atoms with van der Waals surface area (Å²) in [5.41, 5.74) is 0. The van der Waals surface area contributed by atoms with Crippen LogP contribution in [0.4, 0.5) is 0 Å². The van der Waals surface area contributed by atoms with Crippen molar-refractivity contribution in [3.63, 3.8) is 0 Å². The Morgan fingerprint density at radius 1 is 1.64 bits per heavy atom. The lowest BCUT2D eigenvalue weighted by atomic mass is 10.4. The molecule has 0 aliphatic rings. The van der Waals surface area contributed by atoms with Gasteiger partial charge in [-0.05, 0) is 13.8 Å². The molecule has 0 amide bonds. The van der Waals surface area contributed by atoms with Crippen LogP contribution in [0.25, 0.3) is 0 Å². The predicted molar refractivity (Wildman–Crippen MR) is 38.8 cm³/mol. The molecule has 0 saturated heterocycles. The average molecular weight is 183 g/mol. The second-order valence-corrected chi connectivity index (χ2v) is 2.65. The summed E-state index contributed by atoms with van der Waals surface area (Å²) < 4.78 is 8.63. The Morgan fingerprint density at radius 3 is 2.55 bits per heavy atom. The first-order chi connectivity index (χ1) is 4.95. The SMILES string of the molecule is CC(C)(O)OCCC(=O)OCl. The summed E-state index contributed by atoms with van der Waals surface area (Å²) in [5, 5.41) is 9.00. The molecular weight excluding hydrogens is 172 g/mol. The number of aliphatic hydroxyl groups is 1. The summed E-state index contributed by atoms with van der Waals surface area (Å²) in [5.74, 6) is -1.79. The number of ether oxygens (including phenoxy) is 1. The molecule has 0 fully saturated rings. The first kappa shape index (κ1) is 10.7. The number of hydrogen-bond acceptors (Lipinski definition) is 4. The van der Waals surface area contributed by atoms with Gasteiger partial charge in [-0.25, -0.2) is 0 Å². The van der Waals surface area contributed by atoms with E-state index in [1.807, 2.05) is 0 Å². The van der Waals surface area contributed by atoms with Crippen LogP contribution in [0.2, 0.25) is 0 Å². The molecule has 0 aromatic carbocycles. The van der Waals surface area contributed by atoms with E-state index in [0.717, 1.165) is 0 Å². The molecule has 0 aromatic heterocycles. The number of hydrogen-bond donors (Lipinski definition) is 1. The normalized spacial score (nSPS) is 11.3. The highest BCUT2D eigenvalue weighted by Crippen LogP contribution is 2.03. The van der Waals surface area contributed by atoms with Crippen molar-refractivity contribution in [2.24, 2.45) is 0 Å². The number of carbonyl (C=O) groups is 1. The maximum Gasteiger partial charge on any atom is 0.327 e. The minimum atomic E-state index is -1.22. The summed E-state index contributed by atoms with van der Waals surface area (Å²) >= 11 is 4.73. The van der Waals surface area contributed by atoms with Gasteiger partial charge in [-0.15, -0.1) is 0 Å². The van der Waals surface area contributed by atoms with Gasteiger partial charge in [0.2, 0.25) is 0 Å². The third-order valence-corrected chi connectivity index (χ3v) is 1.02. The quantitative estimate of drug-likeness (QED) is 0.654. The van der Waals surface area contributed by atoms with Gasteiger partial charge in [-0.1, -0.05) is 0 Å². The van der Waals surface area contributed by atoms with Crippen LogP contribution in [0.1, 0.15) is 20.3 Å². The summed E-state index contributed by atoms with van der Waals surface area (Å²) in [4.78, 5) is 10.4. The van der Waals surface area contributed by atoms with Crippen molar-refractivity contribution in [1.82, 2.24) is 0 Å². The van der Waals surface area contributed by atoms with Crippen molar-refractivity contribution in [2.75, 3.05) is 6.61 Å². The molecule has 11 heavy (non-hydrogen) atoms. The first-order valence-electron chi connectivity index (χ1n) is 3.13. The minimum absolute atomic E-state index is 0.0352. The topological polar surface area (TPSA) is 55.8 Å². The van der Waals surface area contributed by atoms with E-state index in [-0.39, 0.29) is 13.0 Å². The number of halogens is 1. The summed E-state index contributed by atoms with van der Waals surface area (Å²) in [6, 6.07) is 0. The molecule has 0 unspecified atom stereocenters. The summed E-state index contributed by atoms with van der Waals surface area (Å²) in [7, 11) is 0. The molecule has 1 N–H and O–H groups in total. The molecule has 0 aromatic rings. The molecule has 0 aliphatic carbocycles. The van der Waals surface area contributed by atoms with E-state index in [9.17, 15) is 4.79 Å². The maximum absolute atomic E-state index is 10.4. The van der Waals surface area contributed by atoms with Gasteiger partial charge in [0.25, 0.3) is 0 Å². The van der Waals surface area contributed by atoms with Crippen LogP contribution in [0, 0.1) is 0 Å². The van der Waals surface area contributed by atoms with Gasteiger partial charge < -0.3 is 14.1 Å². The third-order valence-electron chi connectivity index (χ3n) is 0.848. The standard InChI is InChI=1S/C6H11ClO4/c1-6(2,9)10-4-3-5(8)11-7/h9H,3-4H2,1-2H3. The van der Waals surface area contributed by atoms with Crippen LogP contribution in [0.3, 0.4) is 0 Å². The van der Waals surface area contributed by atoms with Gasteiger partial charge in [-0.3, -0.25) is 4.79 Å². The first-order valence-corrected chi connectivity index (χ1v) is 3.44. The second-order valence-electron chi connectivity index (χ2n) is 2.49. The Bertz CT molecular complexity index is 129. The van der Waals surface area contributed by atoms with Crippen molar-refractivity contribution in [3.8, 4) is 0 Å². The molecule has 0 bridgehead atoms. The van der Waals surface area contributed by atoms with E-state index >= 15 is 0 Å². The van der Waals surface area contributed by atoms with Crippen LogP contribution >= 0.6 is 11.9 Å². The molecule has 0 rings (SSSR count). The molecule has 0 spiro atoms. The minimum Gasteiger partial charge on any atom is -0.366 e. The van der Waals surface area contributed by atoms with Crippen molar-refractivity contribution >= 4 is 17.8 Å². The Hall–Kier alpha value is -0.320. The van der Waals surface area contributed by atoms with Crippen LogP contribution in [0.5, 0.6) is 0 Å². The van der Waals surface area contributed by atoms with Crippen LogP contribution in [-0.2, 0) is 13.8 Å². The van der Waals surface area contributed by atoms with E-state index in [1.165, 1.54) is 13.8 Å². The molecule has 5 heteroatoms. The fraction of sp³-hybridized carbons (Fsp3) is 0.833. The highest BCUT2D eigenvalue weighted by Gasteiger charge is 2.13. The molecule has 66 valence electrons. The molecule has 0 saturated carbocycles. The molecule has 0 aliphatic heterocycles. The lowest BCUT2D eigenvalue weighted by Crippen LogP contribution is -2.24. The zero-order chi connectivity index (χ0) is 8.91. The van der Waals surface area contributed by atoms with E-state index in [0.29, 0.717) is 0 Å². The lowest BCUT2D eigenvalue weighted by molar-refractivity contribution is -0.178. The lowest BCUT2D eigenvalue weighted by Gasteiger charge is -2.16. The summed E-state index contributed by atoms with van der Waals surface area (Å²) in [6.07, 6.45) is 0.0352. The molecule has 0 atom stereocenters. The van der Waals surface area contributed by atoms with Crippen LogP contribution < -0.4 is 0 Å². The molecular formula is C6H11ClO4. The Labute approximate surface area is 70.2 Å². The van der Waals surface area contributed by atoms with Gasteiger partial charge in [0.1, 0.15) is 11.9 Å². The zero-order valence-electron chi connectivity index (χ0n) is 6.46. The van der Waals surface area contributed by atoms with Gasteiger partial charge in [-0.2, -0.15) is 0 Å². The Balaban J connectivity index is 3.35. The van der Waals surface area contributed by atoms with Gasteiger partial charge in [0, 0.05) is 0 Å². The molecule has 4 nitrogen and oxygen atoms in total. The smallest absolute Gasteiger partial charge is 0.327 e. The Morgan fingerprint density at radius 2 is 2.18 bits per heavy atom. The van der Waals surface area contributed by atoms with Crippen molar-refractivity contribution < 1.29 is 18.9 Å². The fourth-order valence-corrected chi connectivity index (χ4v) is 0.500. The van der Waals surface area contributed by atoms with E-state index in [4.69, 9.17) is 21.7 Å². The average Bonchev–Trinajstić information content (AvgIpc) is 1.85. The molecule has 0 radical (unpaired) electrons. The molecule has 0 heterocycles. The van der Waals surface area contributed by atoms with Crippen molar-refractivity contribution in [2.45, 2.75) is 26.1 Å². The highest BCUT2D eigenvalue weighted by molar-refractivity contribution is 6.13. The Kier molecular flexibility index (Phi) is 4.40. The monoisotopic (exact) mass is 182 g/mol.